The molecule has 1 saturated heterocycles. The summed E-state index contributed by atoms with van der Waals surface area (Å²) in [5.41, 5.74) is 4.48. The van der Waals surface area contributed by atoms with Gasteiger partial charge in [0.25, 0.3) is 5.69 Å². The highest BCUT2D eigenvalue weighted by atomic mass is 16.6. The Bertz CT molecular complexity index is 730. The summed E-state index contributed by atoms with van der Waals surface area (Å²) in [6, 6.07) is 8.02. The third kappa shape index (κ3) is 4.49. The van der Waals surface area contributed by atoms with Crippen molar-refractivity contribution in [1.82, 2.24) is 9.97 Å². The second kappa shape index (κ2) is 8.00. The van der Waals surface area contributed by atoms with Crippen LogP contribution in [0, 0.1) is 16.0 Å². The van der Waals surface area contributed by atoms with Crippen LogP contribution in [0.1, 0.15) is 19.0 Å². The number of ether oxygens (including phenoxy) is 1. The van der Waals surface area contributed by atoms with Crippen molar-refractivity contribution in [1.29, 1.82) is 0 Å². The monoisotopic (exact) mass is 344 g/mol. The Hall–Kier alpha value is -2.58. The summed E-state index contributed by atoms with van der Waals surface area (Å²) < 4.78 is 5.32. The molecular weight excluding hydrogens is 324 g/mol. The molecule has 1 aromatic carbocycles. The molecule has 8 nitrogen and oxygen atoms in total. The Morgan fingerprint density at radius 1 is 1.36 bits per heavy atom. The van der Waals surface area contributed by atoms with E-state index in [4.69, 9.17) is 9.57 Å². The van der Waals surface area contributed by atoms with E-state index in [-0.39, 0.29) is 5.69 Å². The van der Waals surface area contributed by atoms with Gasteiger partial charge in [-0.25, -0.2) is 15.4 Å². The summed E-state index contributed by atoms with van der Waals surface area (Å²) in [5.74, 6) is 1.47. The average Bonchev–Trinajstić information content (AvgIpc) is 3.15. The zero-order valence-electron chi connectivity index (χ0n) is 14.0. The van der Waals surface area contributed by atoms with Crippen LogP contribution in [-0.4, -0.2) is 34.7 Å². The smallest absolute Gasteiger partial charge is 0.269 e. The van der Waals surface area contributed by atoms with Gasteiger partial charge in [-0.1, -0.05) is 6.92 Å². The number of nitrogens with zero attached hydrogens (tertiary/aromatic N) is 3. The summed E-state index contributed by atoms with van der Waals surface area (Å²) in [5, 5.41) is 10.8. The highest BCUT2D eigenvalue weighted by Gasteiger charge is 2.16. The molecule has 132 valence electrons. The van der Waals surface area contributed by atoms with Gasteiger partial charge in [-0.15, -0.1) is 0 Å². The maximum Gasteiger partial charge on any atom is 0.269 e. The third-order valence-electron chi connectivity index (χ3n) is 4.00. The summed E-state index contributed by atoms with van der Waals surface area (Å²) in [6.07, 6.45) is 1.74. The zero-order chi connectivity index (χ0) is 17.6. The number of aryl methyl sites for hydroxylation is 1. The van der Waals surface area contributed by atoms with Crippen LogP contribution in [0.25, 0.3) is 11.4 Å². The number of aromatic nitrogens is 2. The summed E-state index contributed by atoms with van der Waals surface area (Å²) >= 11 is 0. The first-order valence-electron chi connectivity index (χ1n) is 8.24. The predicted molar refractivity (Wildman–Crippen MR) is 92.0 cm³/mol. The van der Waals surface area contributed by atoms with Crippen LogP contribution >= 0.6 is 0 Å². The van der Waals surface area contributed by atoms with Gasteiger partial charge in [0.1, 0.15) is 0 Å². The van der Waals surface area contributed by atoms with Gasteiger partial charge in [-0.05, 0) is 25.0 Å². The van der Waals surface area contributed by atoms with Gasteiger partial charge in [0.2, 0.25) is 0 Å². The number of rotatable bonds is 7. The zero-order valence-corrected chi connectivity index (χ0v) is 14.0. The lowest BCUT2D eigenvalue weighted by Gasteiger charge is -2.11. The van der Waals surface area contributed by atoms with Gasteiger partial charge in [0, 0.05) is 42.0 Å². The van der Waals surface area contributed by atoms with E-state index < -0.39 is 4.92 Å². The first-order chi connectivity index (χ1) is 12.2. The molecule has 1 atom stereocenters. The largest absolute Gasteiger partial charge is 0.381 e. The molecule has 0 spiro atoms. The molecule has 2 heterocycles. The van der Waals surface area contributed by atoms with Crippen molar-refractivity contribution in [3.63, 3.8) is 0 Å². The molecule has 2 aromatic rings. The lowest BCUT2D eigenvalue weighted by atomic mass is 10.1. The Balaban J connectivity index is 1.73. The lowest BCUT2D eigenvalue weighted by molar-refractivity contribution is -0.384. The Labute approximate surface area is 145 Å². The SMILES string of the molecule is CCc1cc(NOCC2CCOC2)nc(-c2ccc([N+](=O)[O-])cc2)n1. The first-order valence-corrected chi connectivity index (χ1v) is 8.24. The van der Waals surface area contributed by atoms with Crippen molar-refractivity contribution in [3.8, 4) is 11.4 Å². The fourth-order valence-electron chi connectivity index (χ4n) is 2.54. The summed E-state index contributed by atoms with van der Waals surface area (Å²) in [4.78, 5) is 24.8. The number of nitro benzene ring substituents is 1. The van der Waals surface area contributed by atoms with Crippen molar-refractivity contribution in [3.05, 3.63) is 46.1 Å². The molecule has 1 unspecified atom stereocenters. The van der Waals surface area contributed by atoms with E-state index >= 15 is 0 Å². The Morgan fingerprint density at radius 2 is 2.16 bits per heavy atom. The standard InChI is InChI=1S/C17H20N4O4/c1-2-14-9-16(20-25-11-12-7-8-24-10-12)19-17(18-14)13-3-5-15(6-4-13)21(22)23/h3-6,9,12H,2,7-8,10-11H2,1H3,(H,18,19,20). The number of benzene rings is 1. The quantitative estimate of drug-likeness (QED) is 0.609. The van der Waals surface area contributed by atoms with Gasteiger partial charge in [-0.3, -0.25) is 15.0 Å². The molecule has 0 amide bonds. The van der Waals surface area contributed by atoms with Crippen LogP contribution in [0.3, 0.4) is 0 Å². The maximum absolute atomic E-state index is 10.8. The first kappa shape index (κ1) is 17.2. The molecule has 0 saturated carbocycles. The van der Waals surface area contributed by atoms with Gasteiger partial charge >= 0.3 is 0 Å². The Kier molecular flexibility index (Phi) is 5.52. The van der Waals surface area contributed by atoms with Gasteiger partial charge in [-0.2, -0.15) is 0 Å². The van der Waals surface area contributed by atoms with Crippen molar-refractivity contribution in [2.75, 3.05) is 25.3 Å². The normalized spacial score (nSPS) is 16.8. The Morgan fingerprint density at radius 3 is 2.80 bits per heavy atom. The second-order valence-corrected chi connectivity index (χ2v) is 5.87. The molecule has 1 N–H and O–H groups in total. The van der Waals surface area contributed by atoms with Crippen LogP contribution < -0.4 is 5.48 Å². The van der Waals surface area contributed by atoms with E-state index in [0.29, 0.717) is 29.7 Å². The molecule has 0 aliphatic carbocycles. The molecule has 0 bridgehead atoms. The number of nitro groups is 1. The van der Waals surface area contributed by atoms with Crippen LogP contribution in [0.5, 0.6) is 0 Å². The number of non-ortho nitro benzene ring substituents is 1. The van der Waals surface area contributed by atoms with E-state index in [9.17, 15) is 10.1 Å². The van der Waals surface area contributed by atoms with Crippen molar-refractivity contribution < 1.29 is 14.5 Å². The van der Waals surface area contributed by atoms with Crippen LogP contribution in [0.4, 0.5) is 11.5 Å². The van der Waals surface area contributed by atoms with Crippen molar-refractivity contribution in [2.24, 2.45) is 5.92 Å². The maximum atomic E-state index is 10.8. The fraction of sp³-hybridized carbons (Fsp3) is 0.412. The second-order valence-electron chi connectivity index (χ2n) is 5.87. The minimum atomic E-state index is -0.430. The molecule has 3 rings (SSSR count). The molecule has 8 heteroatoms. The van der Waals surface area contributed by atoms with Crippen LogP contribution in [0.15, 0.2) is 30.3 Å². The molecule has 1 aliphatic rings. The van der Waals surface area contributed by atoms with Gasteiger partial charge in [0.15, 0.2) is 11.6 Å². The molecule has 1 fully saturated rings. The van der Waals surface area contributed by atoms with E-state index in [2.05, 4.69) is 15.4 Å². The highest BCUT2D eigenvalue weighted by molar-refractivity contribution is 5.59. The van der Waals surface area contributed by atoms with Crippen LogP contribution in [-0.2, 0) is 16.0 Å². The van der Waals surface area contributed by atoms with Crippen molar-refractivity contribution >= 4 is 11.5 Å². The predicted octanol–water partition coefficient (Wildman–Crippen LogP) is 2.99. The molecule has 25 heavy (non-hydrogen) atoms. The number of hydrogen-bond acceptors (Lipinski definition) is 7. The van der Waals surface area contributed by atoms with Gasteiger partial charge in [0.05, 0.1) is 18.1 Å². The topological polar surface area (TPSA) is 99.4 Å². The number of hydrogen-bond donors (Lipinski definition) is 1. The minimum Gasteiger partial charge on any atom is -0.381 e. The van der Waals surface area contributed by atoms with E-state index in [0.717, 1.165) is 31.7 Å². The minimum absolute atomic E-state index is 0.0378. The van der Waals surface area contributed by atoms with Gasteiger partial charge < -0.3 is 4.74 Å². The van der Waals surface area contributed by atoms with E-state index in [1.54, 1.807) is 12.1 Å². The lowest BCUT2D eigenvalue weighted by Crippen LogP contribution is -2.14. The third-order valence-corrected chi connectivity index (χ3v) is 4.00. The molecule has 0 radical (unpaired) electrons. The molecule has 1 aromatic heterocycles. The fourth-order valence-corrected chi connectivity index (χ4v) is 2.54. The summed E-state index contributed by atoms with van der Waals surface area (Å²) in [7, 11) is 0. The molecule has 1 aliphatic heterocycles. The van der Waals surface area contributed by atoms with Crippen molar-refractivity contribution in [2.45, 2.75) is 19.8 Å². The molecular formula is C17H20N4O4. The van der Waals surface area contributed by atoms with E-state index in [1.165, 1.54) is 12.1 Å². The van der Waals surface area contributed by atoms with Crippen LogP contribution in [0.2, 0.25) is 0 Å². The number of nitrogens with one attached hydrogen (secondary N) is 1. The highest BCUT2D eigenvalue weighted by Crippen LogP contribution is 2.22. The average molecular weight is 344 g/mol. The number of anilines is 1. The summed E-state index contributed by atoms with van der Waals surface area (Å²) in [6.45, 7) is 4.06. The van der Waals surface area contributed by atoms with E-state index in [1.807, 2.05) is 13.0 Å².